The normalized spacial score (nSPS) is 25.2. The fourth-order valence-electron chi connectivity index (χ4n) is 3.20. The summed E-state index contributed by atoms with van der Waals surface area (Å²) in [6.45, 7) is 4.46. The quantitative estimate of drug-likeness (QED) is 0.864. The molecular weight excluding hydrogens is 294 g/mol. The Morgan fingerprint density at radius 3 is 2.96 bits per heavy atom. The van der Waals surface area contributed by atoms with Gasteiger partial charge in [0.1, 0.15) is 5.60 Å². The molecule has 0 aliphatic carbocycles. The number of morpholine rings is 1. The number of ether oxygens (including phenoxy) is 2. The largest absolute Gasteiger partial charge is 0.377 e. The van der Waals surface area contributed by atoms with Crippen LogP contribution in [-0.2, 0) is 9.47 Å². The SMILES string of the molecule is CN(C)c1ccccc1C(=O)N1CCO[C@@]2(CNCCOC2)C1. The van der Waals surface area contributed by atoms with Crippen LogP contribution < -0.4 is 10.2 Å². The lowest BCUT2D eigenvalue weighted by Crippen LogP contribution is -2.59. The van der Waals surface area contributed by atoms with Crippen molar-refractivity contribution < 1.29 is 14.3 Å². The number of carbonyl (C=O) groups is 1. The Morgan fingerprint density at radius 1 is 1.30 bits per heavy atom. The minimum Gasteiger partial charge on any atom is -0.377 e. The molecule has 2 saturated heterocycles. The topological polar surface area (TPSA) is 54.0 Å². The Hall–Kier alpha value is -1.63. The maximum Gasteiger partial charge on any atom is 0.256 e. The molecule has 2 fully saturated rings. The number of rotatable bonds is 2. The summed E-state index contributed by atoms with van der Waals surface area (Å²) in [4.78, 5) is 16.9. The van der Waals surface area contributed by atoms with Crippen LogP contribution in [0.5, 0.6) is 0 Å². The molecule has 23 heavy (non-hydrogen) atoms. The summed E-state index contributed by atoms with van der Waals surface area (Å²) in [6, 6.07) is 7.73. The molecular formula is C17H25N3O3. The highest BCUT2D eigenvalue weighted by Gasteiger charge is 2.40. The molecule has 0 bridgehead atoms. The van der Waals surface area contributed by atoms with Crippen molar-refractivity contribution in [3.05, 3.63) is 29.8 Å². The van der Waals surface area contributed by atoms with Crippen molar-refractivity contribution in [2.45, 2.75) is 5.60 Å². The van der Waals surface area contributed by atoms with Crippen LogP contribution in [-0.4, -0.2) is 76.5 Å². The number of benzene rings is 1. The number of hydrogen-bond acceptors (Lipinski definition) is 5. The molecule has 1 aromatic rings. The predicted octanol–water partition coefficient (Wildman–Crippen LogP) is 0.584. The molecule has 0 radical (unpaired) electrons. The van der Waals surface area contributed by atoms with Gasteiger partial charge in [-0.2, -0.15) is 0 Å². The smallest absolute Gasteiger partial charge is 0.256 e. The highest BCUT2D eigenvalue weighted by molar-refractivity contribution is 5.99. The second-order valence-electron chi connectivity index (χ2n) is 6.40. The van der Waals surface area contributed by atoms with Gasteiger partial charge in [-0.15, -0.1) is 0 Å². The molecule has 2 aliphatic rings. The van der Waals surface area contributed by atoms with Crippen LogP contribution in [0.3, 0.4) is 0 Å². The summed E-state index contributed by atoms with van der Waals surface area (Å²) in [5, 5.41) is 3.34. The molecule has 1 spiro atoms. The standard InChI is InChI=1S/C17H25N3O3/c1-19(2)15-6-4-3-5-14(15)16(21)20-8-10-23-17(12-20)11-18-7-9-22-13-17/h3-6,18H,7-13H2,1-2H3/t17-/m0/s1. The van der Waals surface area contributed by atoms with Crippen molar-refractivity contribution >= 4 is 11.6 Å². The molecule has 1 N–H and O–H groups in total. The van der Waals surface area contributed by atoms with Crippen LogP contribution in [0.2, 0.25) is 0 Å². The first-order chi connectivity index (χ1) is 11.1. The highest BCUT2D eigenvalue weighted by atomic mass is 16.5. The van der Waals surface area contributed by atoms with Gasteiger partial charge in [0.05, 0.1) is 31.9 Å². The number of hydrogen-bond donors (Lipinski definition) is 1. The summed E-state index contributed by atoms with van der Waals surface area (Å²) >= 11 is 0. The summed E-state index contributed by atoms with van der Waals surface area (Å²) in [7, 11) is 3.91. The summed E-state index contributed by atoms with van der Waals surface area (Å²) in [5.41, 5.74) is 1.24. The van der Waals surface area contributed by atoms with Crippen LogP contribution >= 0.6 is 0 Å². The second kappa shape index (κ2) is 6.86. The molecule has 1 atom stereocenters. The lowest BCUT2D eigenvalue weighted by molar-refractivity contribution is -0.125. The van der Waals surface area contributed by atoms with E-state index >= 15 is 0 Å². The average Bonchev–Trinajstić information content (AvgIpc) is 2.79. The lowest BCUT2D eigenvalue weighted by Gasteiger charge is -2.42. The highest BCUT2D eigenvalue weighted by Crippen LogP contribution is 2.24. The maximum atomic E-state index is 13.0. The Bertz CT molecular complexity index is 554. The molecule has 0 unspecified atom stereocenters. The monoisotopic (exact) mass is 319 g/mol. The zero-order valence-corrected chi connectivity index (χ0v) is 13.9. The molecule has 2 aliphatic heterocycles. The summed E-state index contributed by atoms with van der Waals surface area (Å²) in [6.07, 6.45) is 0. The molecule has 1 aromatic carbocycles. The third kappa shape index (κ3) is 3.49. The maximum absolute atomic E-state index is 13.0. The lowest BCUT2D eigenvalue weighted by atomic mass is 10.0. The molecule has 3 rings (SSSR count). The van der Waals surface area contributed by atoms with Crippen LogP contribution in [0.1, 0.15) is 10.4 Å². The Balaban J connectivity index is 1.80. The molecule has 0 saturated carbocycles. The molecule has 2 heterocycles. The van der Waals surface area contributed by atoms with Crippen molar-refractivity contribution in [3.8, 4) is 0 Å². The Kier molecular flexibility index (Phi) is 4.84. The molecule has 126 valence electrons. The minimum atomic E-state index is -0.433. The number of anilines is 1. The van der Waals surface area contributed by atoms with Crippen molar-refractivity contribution in [2.75, 3.05) is 65.0 Å². The van der Waals surface area contributed by atoms with E-state index in [0.29, 0.717) is 39.5 Å². The van der Waals surface area contributed by atoms with Gasteiger partial charge in [-0.25, -0.2) is 0 Å². The summed E-state index contributed by atoms with van der Waals surface area (Å²) < 4.78 is 11.6. The van der Waals surface area contributed by atoms with Gasteiger partial charge in [-0.1, -0.05) is 12.1 Å². The van der Waals surface area contributed by atoms with E-state index in [2.05, 4.69) is 5.32 Å². The zero-order valence-electron chi connectivity index (χ0n) is 13.9. The van der Waals surface area contributed by atoms with Gasteiger partial charge in [0.2, 0.25) is 0 Å². The van der Waals surface area contributed by atoms with E-state index < -0.39 is 5.60 Å². The second-order valence-corrected chi connectivity index (χ2v) is 6.40. The number of para-hydroxylation sites is 1. The fourth-order valence-corrected chi connectivity index (χ4v) is 3.20. The predicted molar refractivity (Wildman–Crippen MR) is 89.0 cm³/mol. The van der Waals surface area contributed by atoms with Gasteiger partial charge in [0, 0.05) is 39.4 Å². The van der Waals surface area contributed by atoms with E-state index in [1.54, 1.807) is 0 Å². The number of nitrogens with zero attached hydrogens (tertiary/aromatic N) is 2. The van der Waals surface area contributed by atoms with E-state index in [0.717, 1.165) is 17.8 Å². The van der Waals surface area contributed by atoms with E-state index in [1.165, 1.54) is 0 Å². The number of nitrogens with one attached hydrogen (secondary N) is 1. The van der Waals surface area contributed by atoms with Crippen LogP contribution in [0.25, 0.3) is 0 Å². The molecule has 1 amide bonds. The molecule has 6 heteroatoms. The zero-order chi connectivity index (χ0) is 16.3. The first kappa shape index (κ1) is 16.2. The van der Waals surface area contributed by atoms with Crippen molar-refractivity contribution in [2.24, 2.45) is 0 Å². The van der Waals surface area contributed by atoms with Gasteiger partial charge < -0.3 is 24.6 Å². The van der Waals surface area contributed by atoms with Gasteiger partial charge in [-0.05, 0) is 12.1 Å². The van der Waals surface area contributed by atoms with Crippen LogP contribution in [0.15, 0.2) is 24.3 Å². The fraction of sp³-hybridized carbons (Fsp3) is 0.588. The van der Waals surface area contributed by atoms with Crippen LogP contribution in [0.4, 0.5) is 5.69 Å². The van der Waals surface area contributed by atoms with Gasteiger partial charge in [0.15, 0.2) is 0 Å². The number of amides is 1. The van der Waals surface area contributed by atoms with Gasteiger partial charge in [-0.3, -0.25) is 4.79 Å². The van der Waals surface area contributed by atoms with Gasteiger partial charge in [0.25, 0.3) is 5.91 Å². The average molecular weight is 319 g/mol. The van der Waals surface area contributed by atoms with Crippen molar-refractivity contribution in [1.82, 2.24) is 10.2 Å². The van der Waals surface area contributed by atoms with Crippen molar-refractivity contribution in [1.29, 1.82) is 0 Å². The first-order valence-corrected chi connectivity index (χ1v) is 8.09. The Morgan fingerprint density at radius 2 is 2.13 bits per heavy atom. The van der Waals surface area contributed by atoms with E-state index in [-0.39, 0.29) is 5.91 Å². The number of carbonyl (C=O) groups excluding carboxylic acids is 1. The van der Waals surface area contributed by atoms with Crippen molar-refractivity contribution in [3.63, 3.8) is 0 Å². The molecule has 0 aromatic heterocycles. The third-order valence-electron chi connectivity index (χ3n) is 4.39. The van der Waals surface area contributed by atoms with E-state index in [4.69, 9.17) is 9.47 Å². The Labute approximate surface area is 137 Å². The molecule has 6 nitrogen and oxygen atoms in total. The van der Waals surface area contributed by atoms with E-state index in [9.17, 15) is 4.79 Å². The summed E-state index contributed by atoms with van der Waals surface area (Å²) in [5.74, 6) is 0.0567. The van der Waals surface area contributed by atoms with E-state index in [1.807, 2.05) is 48.2 Å². The minimum absolute atomic E-state index is 0.0567. The third-order valence-corrected chi connectivity index (χ3v) is 4.39. The van der Waals surface area contributed by atoms with Crippen LogP contribution in [0, 0.1) is 0 Å². The first-order valence-electron chi connectivity index (χ1n) is 8.09. The van der Waals surface area contributed by atoms with Gasteiger partial charge >= 0.3 is 0 Å².